The summed E-state index contributed by atoms with van der Waals surface area (Å²) in [5, 5.41) is 0. The fourth-order valence-corrected chi connectivity index (χ4v) is 6.84. The van der Waals surface area contributed by atoms with Crippen molar-refractivity contribution in [2.75, 3.05) is 40.4 Å². The van der Waals surface area contributed by atoms with Crippen molar-refractivity contribution in [1.29, 1.82) is 0 Å². The van der Waals surface area contributed by atoms with Crippen molar-refractivity contribution < 1.29 is 19.0 Å². The third kappa shape index (κ3) is 7.55. The monoisotopic (exact) mass is 669 g/mol. The van der Waals surface area contributed by atoms with Crippen LogP contribution in [0.15, 0.2) is 75.3 Å². The largest absolute Gasteiger partial charge is 0.496 e. The maximum Gasteiger partial charge on any atom is 0.332 e. The second kappa shape index (κ2) is 14.7. The molecule has 0 saturated carbocycles. The van der Waals surface area contributed by atoms with Gasteiger partial charge in [0.25, 0.3) is 17.0 Å². The lowest BCUT2D eigenvalue weighted by molar-refractivity contribution is -0.0629. The fourth-order valence-electron chi connectivity index (χ4n) is 6.84. The number of rotatable bonds is 9. The number of likely N-dealkylation sites (tertiary alicyclic amines) is 2. The summed E-state index contributed by atoms with van der Waals surface area (Å²) in [4.78, 5) is 55.7. The van der Waals surface area contributed by atoms with Gasteiger partial charge in [-0.3, -0.25) is 28.8 Å². The van der Waals surface area contributed by atoms with Crippen molar-refractivity contribution in [3.8, 4) is 28.3 Å². The number of aromatic nitrogens is 3. The first-order valence-electron chi connectivity index (χ1n) is 16.7. The summed E-state index contributed by atoms with van der Waals surface area (Å²) < 4.78 is 21.0. The molecule has 2 aromatic carbocycles. The zero-order chi connectivity index (χ0) is 34.7. The van der Waals surface area contributed by atoms with Gasteiger partial charge < -0.3 is 23.7 Å². The number of methoxy groups -OCH3 is 2. The molecule has 2 aliphatic heterocycles. The van der Waals surface area contributed by atoms with Gasteiger partial charge in [-0.1, -0.05) is 6.07 Å². The summed E-state index contributed by atoms with van der Waals surface area (Å²) in [6.07, 6.45) is 6.87. The van der Waals surface area contributed by atoms with Crippen LogP contribution < -0.4 is 26.3 Å². The number of carbonyl (C=O) groups is 1. The first-order valence-corrected chi connectivity index (χ1v) is 16.7. The number of hydrogen-bond donors (Lipinski definition) is 1. The lowest BCUT2D eigenvalue weighted by Crippen LogP contribution is -2.43. The van der Waals surface area contributed by atoms with Gasteiger partial charge in [-0.15, -0.1) is 0 Å². The number of nitrogens with one attached hydrogen (secondary N) is 1. The molecule has 1 N–H and O–H groups in total. The average molecular weight is 670 g/mol. The summed E-state index contributed by atoms with van der Waals surface area (Å²) in [7, 11) is 5.08. The van der Waals surface area contributed by atoms with Crippen molar-refractivity contribution in [2.24, 2.45) is 7.05 Å². The van der Waals surface area contributed by atoms with Crippen LogP contribution in [0.2, 0.25) is 0 Å². The number of hydrogen-bond acceptors (Lipinski definition) is 8. The molecule has 0 spiro atoms. The normalized spacial score (nSPS) is 16.1. The van der Waals surface area contributed by atoms with Gasteiger partial charge in [0.1, 0.15) is 11.5 Å². The molecule has 0 aliphatic carbocycles. The van der Waals surface area contributed by atoms with Crippen molar-refractivity contribution >= 4 is 5.91 Å². The SMILES string of the molecule is COc1cc(-c2cc(C)c(=O)n(C)c2)c(OC)cc1CN1CCC(OC2CCN(C(=O)c3cccc(-n4ccc(=O)[nH]c4=O)c3)CC2)CC1. The Labute approximate surface area is 284 Å². The topological polar surface area (TPSA) is 128 Å². The minimum atomic E-state index is -0.552. The molecule has 4 heterocycles. The molecule has 4 aromatic rings. The minimum Gasteiger partial charge on any atom is -0.496 e. The molecular weight excluding hydrogens is 626 g/mol. The molecule has 2 saturated heterocycles. The first-order chi connectivity index (χ1) is 23.6. The molecule has 2 fully saturated rings. The number of pyridine rings is 1. The summed E-state index contributed by atoms with van der Waals surface area (Å²) in [5.41, 5.74) is 3.44. The Morgan fingerprint density at radius 2 is 1.57 bits per heavy atom. The Bertz CT molecular complexity index is 1970. The van der Waals surface area contributed by atoms with Gasteiger partial charge in [-0.25, -0.2) is 4.79 Å². The molecule has 258 valence electrons. The Morgan fingerprint density at radius 1 is 0.878 bits per heavy atom. The van der Waals surface area contributed by atoms with Gasteiger partial charge in [0.2, 0.25) is 0 Å². The van der Waals surface area contributed by atoms with Crippen LogP contribution in [0, 0.1) is 6.92 Å². The number of piperidine rings is 2. The standard InChI is InChI=1S/C37H43N5O7/c1-24-18-26(22-39(2)35(24)44)31-21-32(47-3)27(20-33(31)48-4)23-40-13-8-29(9-14-40)49-30-10-15-41(16-11-30)36(45)25-6-5-7-28(19-25)42-17-12-34(43)38-37(42)46/h5-7,12,17-22,29-30H,8-11,13-16,23H2,1-4H3,(H,38,43,46). The Balaban J connectivity index is 1.01. The smallest absolute Gasteiger partial charge is 0.332 e. The van der Waals surface area contributed by atoms with Crippen LogP contribution in [-0.4, -0.2) is 82.4 Å². The summed E-state index contributed by atoms with van der Waals surface area (Å²) in [6.45, 7) is 5.52. The van der Waals surface area contributed by atoms with E-state index in [9.17, 15) is 19.2 Å². The van der Waals surface area contributed by atoms with E-state index >= 15 is 0 Å². The van der Waals surface area contributed by atoms with E-state index in [0.29, 0.717) is 29.9 Å². The van der Waals surface area contributed by atoms with E-state index in [-0.39, 0.29) is 23.7 Å². The van der Waals surface area contributed by atoms with E-state index in [2.05, 4.69) is 9.88 Å². The number of H-pyrrole nitrogens is 1. The number of benzene rings is 2. The zero-order valence-electron chi connectivity index (χ0n) is 28.4. The number of aryl methyl sites for hydroxylation is 2. The lowest BCUT2D eigenvalue weighted by atomic mass is 10.00. The third-order valence-electron chi connectivity index (χ3n) is 9.51. The van der Waals surface area contributed by atoms with Crippen molar-refractivity contribution in [1.82, 2.24) is 23.9 Å². The van der Waals surface area contributed by atoms with Crippen LogP contribution in [-0.2, 0) is 18.3 Å². The van der Waals surface area contributed by atoms with Gasteiger partial charge in [-0.2, -0.15) is 0 Å². The number of carbonyl (C=O) groups excluding carboxylic acids is 1. The number of nitrogens with zero attached hydrogens (tertiary/aromatic N) is 4. The van der Waals surface area contributed by atoms with E-state index in [1.54, 1.807) is 50.1 Å². The highest BCUT2D eigenvalue weighted by Gasteiger charge is 2.28. The minimum absolute atomic E-state index is 0.0254. The molecule has 6 rings (SSSR count). The van der Waals surface area contributed by atoms with E-state index in [4.69, 9.17) is 14.2 Å². The number of ether oxygens (including phenoxy) is 3. The van der Waals surface area contributed by atoms with Gasteiger partial charge in [-0.05, 0) is 69.0 Å². The van der Waals surface area contributed by atoms with Gasteiger partial charge in [0.05, 0.1) is 32.1 Å². The predicted molar refractivity (Wildman–Crippen MR) is 186 cm³/mol. The molecule has 0 atom stereocenters. The Hall–Kier alpha value is -4.94. The van der Waals surface area contributed by atoms with Crippen LogP contribution in [0.3, 0.4) is 0 Å². The highest BCUT2D eigenvalue weighted by Crippen LogP contribution is 2.37. The van der Waals surface area contributed by atoms with Crippen molar-refractivity contribution in [2.45, 2.75) is 51.4 Å². The molecular formula is C37H43N5O7. The molecule has 2 aliphatic rings. The van der Waals surface area contributed by atoms with Crippen molar-refractivity contribution in [3.63, 3.8) is 0 Å². The molecule has 12 heteroatoms. The highest BCUT2D eigenvalue weighted by atomic mass is 16.5. The lowest BCUT2D eigenvalue weighted by Gasteiger charge is -2.37. The summed E-state index contributed by atoms with van der Waals surface area (Å²) >= 11 is 0. The van der Waals surface area contributed by atoms with E-state index < -0.39 is 11.2 Å². The zero-order valence-corrected chi connectivity index (χ0v) is 28.4. The Morgan fingerprint density at radius 3 is 2.22 bits per heavy atom. The van der Waals surface area contributed by atoms with Crippen LogP contribution in [0.1, 0.15) is 47.2 Å². The molecule has 49 heavy (non-hydrogen) atoms. The molecule has 0 bridgehead atoms. The number of amides is 1. The maximum atomic E-state index is 13.3. The second-order valence-electron chi connectivity index (χ2n) is 12.8. The molecule has 12 nitrogen and oxygen atoms in total. The van der Waals surface area contributed by atoms with E-state index in [0.717, 1.165) is 73.5 Å². The summed E-state index contributed by atoms with van der Waals surface area (Å²) in [6, 6.07) is 14.1. The van der Waals surface area contributed by atoms with Gasteiger partial charge >= 0.3 is 5.69 Å². The quantitative estimate of drug-likeness (QED) is 0.287. The van der Waals surface area contributed by atoms with E-state index in [1.807, 2.05) is 36.2 Å². The highest BCUT2D eigenvalue weighted by molar-refractivity contribution is 5.94. The molecule has 1 amide bonds. The van der Waals surface area contributed by atoms with Crippen molar-refractivity contribution in [3.05, 3.63) is 109 Å². The van der Waals surface area contributed by atoms with Gasteiger partial charge in [0, 0.05) is 86.0 Å². The predicted octanol–water partition coefficient (Wildman–Crippen LogP) is 3.50. The van der Waals surface area contributed by atoms with Crippen LogP contribution in [0.25, 0.3) is 16.8 Å². The number of aromatic amines is 1. The average Bonchev–Trinajstić information content (AvgIpc) is 3.11. The van der Waals surface area contributed by atoms with Gasteiger partial charge in [0.15, 0.2) is 0 Å². The fraction of sp³-hybridized carbons (Fsp3) is 0.405. The molecule has 0 unspecified atom stereocenters. The first kappa shape index (κ1) is 33.9. The molecule has 2 aromatic heterocycles. The maximum absolute atomic E-state index is 13.3. The van der Waals surface area contributed by atoms with Crippen LogP contribution in [0.5, 0.6) is 11.5 Å². The van der Waals surface area contributed by atoms with Crippen LogP contribution >= 0.6 is 0 Å². The Kier molecular flexibility index (Phi) is 10.2. The second-order valence-corrected chi connectivity index (χ2v) is 12.8. The summed E-state index contributed by atoms with van der Waals surface area (Å²) in [5.74, 6) is 1.42. The van der Waals surface area contributed by atoms with Crippen LogP contribution in [0.4, 0.5) is 0 Å². The third-order valence-corrected chi connectivity index (χ3v) is 9.51. The molecule has 0 radical (unpaired) electrons. The van der Waals surface area contributed by atoms with E-state index in [1.165, 1.54) is 16.8 Å².